The molecule has 1 aliphatic heterocycles. The number of benzene rings is 1. The lowest BCUT2D eigenvalue weighted by atomic mass is 9.98. The molecule has 24 heavy (non-hydrogen) atoms. The second-order valence-electron chi connectivity index (χ2n) is 7.09. The second-order valence-corrected chi connectivity index (χ2v) is 7.09. The van der Waals surface area contributed by atoms with Crippen LogP contribution >= 0.6 is 0 Å². The zero-order chi connectivity index (χ0) is 17.2. The van der Waals surface area contributed by atoms with E-state index in [1.54, 1.807) is 4.90 Å². The average molecular weight is 329 g/mol. The van der Waals surface area contributed by atoms with Crippen LogP contribution in [0.1, 0.15) is 45.4 Å². The SMILES string of the molecule is CC(C)(C)OC(=O)N1CCC[C@H](c2noc(-c3ccccc3)n2)C1. The summed E-state index contributed by atoms with van der Waals surface area (Å²) in [7, 11) is 0. The molecule has 1 aromatic heterocycles. The van der Waals surface area contributed by atoms with Crippen molar-refractivity contribution in [2.45, 2.75) is 45.1 Å². The molecular formula is C18H23N3O3. The molecule has 1 aromatic carbocycles. The number of hydrogen-bond donors (Lipinski definition) is 0. The summed E-state index contributed by atoms with van der Waals surface area (Å²) < 4.78 is 10.8. The second kappa shape index (κ2) is 6.63. The van der Waals surface area contributed by atoms with Crippen LogP contribution in [0, 0.1) is 0 Å². The number of ether oxygens (including phenoxy) is 1. The van der Waals surface area contributed by atoms with Crippen molar-refractivity contribution in [1.29, 1.82) is 0 Å². The van der Waals surface area contributed by atoms with Gasteiger partial charge in [0.05, 0.1) is 0 Å². The number of piperidine rings is 1. The maximum absolute atomic E-state index is 12.3. The summed E-state index contributed by atoms with van der Waals surface area (Å²) in [5, 5.41) is 4.12. The van der Waals surface area contributed by atoms with Gasteiger partial charge < -0.3 is 14.2 Å². The van der Waals surface area contributed by atoms with Gasteiger partial charge in [-0.2, -0.15) is 4.98 Å². The maximum atomic E-state index is 12.3. The zero-order valence-electron chi connectivity index (χ0n) is 14.4. The quantitative estimate of drug-likeness (QED) is 0.837. The average Bonchev–Trinajstić information content (AvgIpc) is 3.04. The Morgan fingerprint density at radius 3 is 2.75 bits per heavy atom. The number of nitrogens with zero attached hydrogens (tertiary/aromatic N) is 3. The molecule has 1 atom stereocenters. The number of carbonyl (C=O) groups excluding carboxylic acids is 1. The van der Waals surface area contributed by atoms with Crippen molar-refractivity contribution >= 4 is 6.09 Å². The van der Waals surface area contributed by atoms with E-state index in [2.05, 4.69) is 10.1 Å². The molecule has 1 aliphatic rings. The number of amides is 1. The van der Waals surface area contributed by atoms with Gasteiger partial charge in [-0.1, -0.05) is 23.4 Å². The van der Waals surface area contributed by atoms with E-state index in [9.17, 15) is 4.79 Å². The van der Waals surface area contributed by atoms with Crippen LogP contribution < -0.4 is 0 Å². The molecule has 0 saturated carbocycles. The normalized spacial score (nSPS) is 18.5. The van der Waals surface area contributed by atoms with Gasteiger partial charge >= 0.3 is 6.09 Å². The number of aromatic nitrogens is 2. The first kappa shape index (κ1) is 16.5. The van der Waals surface area contributed by atoms with E-state index in [-0.39, 0.29) is 12.0 Å². The van der Waals surface area contributed by atoms with Crippen LogP contribution in [0.15, 0.2) is 34.9 Å². The zero-order valence-corrected chi connectivity index (χ0v) is 14.4. The van der Waals surface area contributed by atoms with Crippen LogP contribution in [0.4, 0.5) is 4.79 Å². The molecule has 3 rings (SSSR count). The van der Waals surface area contributed by atoms with Gasteiger partial charge in [0.25, 0.3) is 5.89 Å². The summed E-state index contributed by atoms with van der Waals surface area (Å²) in [4.78, 5) is 18.5. The van der Waals surface area contributed by atoms with Crippen molar-refractivity contribution in [3.8, 4) is 11.5 Å². The van der Waals surface area contributed by atoms with Gasteiger partial charge in [-0.25, -0.2) is 4.79 Å². The predicted molar refractivity (Wildman–Crippen MR) is 89.5 cm³/mol. The third-order valence-electron chi connectivity index (χ3n) is 3.90. The molecule has 6 nitrogen and oxygen atoms in total. The van der Waals surface area contributed by atoms with Crippen molar-refractivity contribution in [2.75, 3.05) is 13.1 Å². The minimum absolute atomic E-state index is 0.0764. The molecule has 0 N–H and O–H groups in total. The van der Waals surface area contributed by atoms with Crippen molar-refractivity contribution in [1.82, 2.24) is 15.0 Å². The van der Waals surface area contributed by atoms with Gasteiger partial charge in [0.1, 0.15) is 5.60 Å². The Balaban J connectivity index is 1.69. The van der Waals surface area contributed by atoms with Gasteiger partial charge in [-0.3, -0.25) is 0 Å². The molecular weight excluding hydrogens is 306 g/mol. The van der Waals surface area contributed by atoms with E-state index < -0.39 is 5.60 Å². The van der Waals surface area contributed by atoms with E-state index in [0.29, 0.717) is 24.8 Å². The monoisotopic (exact) mass is 329 g/mol. The Morgan fingerprint density at radius 1 is 1.29 bits per heavy atom. The van der Waals surface area contributed by atoms with Gasteiger partial charge in [0.2, 0.25) is 0 Å². The fourth-order valence-electron chi connectivity index (χ4n) is 2.78. The number of likely N-dealkylation sites (tertiary alicyclic amines) is 1. The molecule has 2 heterocycles. The van der Waals surface area contributed by atoms with E-state index >= 15 is 0 Å². The van der Waals surface area contributed by atoms with Crippen LogP contribution in [-0.2, 0) is 4.74 Å². The molecule has 0 aliphatic carbocycles. The van der Waals surface area contributed by atoms with E-state index in [1.807, 2.05) is 51.1 Å². The summed E-state index contributed by atoms with van der Waals surface area (Å²) in [5.41, 5.74) is 0.410. The van der Waals surface area contributed by atoms with E-state index in [1.165, 1.54) is 0 Å². The molecule has 0 spiro atoms. The first-order valence-corrected chi connectivity index (χ1v) is 8.29. The maximum Gasteiger partial charge on any atom is 0.410 e. The van der Waals surface area contributed by atoms with Crippen molar-refractivity contribution in [2.24, 2.45) is 0 Å². The lowest BCUT2D eigenvalue weighted by molar-refractivity contribution is 0.0195. The summed E-state index contributed by atoms with van der Waals surface area (Å²) in [5.74, 6) is 1.24. The van der Waals surface area contributed by atoms with Gasteiger partial charge in [0.15, 0.2) is 5.82 Å². The summed E-state index contributed by atoms with van der Waals surface area (Å²) in [6, 6.07) is 9.69. The Labute approximate surface area is 141 Å². The van der Waals surface area contributed by atoms with Crippen molar-refractivity contribution in [3.05, 3.63) is 36.2 Å². The largest absolute Gasteiger partial charge is 0.444 e. The third-order valence-corrected chi connectivity index (χ3v) is 3.90. The Hall–Kier alpha value is -2.37. The van der Waals surface area contributed by atoms with Crippen LogP contribution in [0.2, 0.25) is 0 Å². The number of carbonyl (C=O) groups is 1. The number of hydrogen-bond acceptors (Lipinski definition) is 5. The Bertz CT molecular complexity index is 691. The van der Waals surface area contributed by atoms with E-state index in [0.717, 1.165) is 18.4 Å². The van der Waals surface area contributed by atoms with Crippen LogP contribution in [0.3, 0.4) is 0 Å². The summed E-state index contributed by atoms with van der Waals surface area (Å²) in [6.07, 6.45) is 1.56. The third kappa shape index (κ3) is 3.93. The smallest absolute Gasteiger partial charge is 0.410 e. The van der Waals surface area contributed by atoms with Gasteiger partial charge in [-0.05, 0) is 45.7 Å². The van der Waals surface area contributed by atoms with Crippen molar-refractivity contribution in [3.63, 3.8) is 0 Å². The molecule has 0 bridgehead atoms. The van der Waals surface area contributed by atoms with E-state index in [4.69, 9.17) is 9.26 Å². The van der Waals surface area contributed by atoms with Crippen LogP contribution in [0.5, 0.6) is 0 Å². The highest BCUT2D eigenvalue weighted by atomic mass is 16.6. The lowest BCUT2D eigenvalue weighted by Crippen LogP contribution is -2.42. The Kier molecular flexibility index (Phi) is 4.55. The molecule has 1 saturated heterocycles. The molecule has 6 heteroatoms. The fraction of sp³-hybridized carbons (Fsp3) is 0.500. The van der Waals surface area contributed by atoms with Gasteiger partial charge in [0, 0.05) is 24.6 Å². The summed E-state index contributed by atoms with van der Waals surface area (Å²) >= 11 is 0. The highest BCUT2D eigenvalue weighted by Crippen LogP contribution is 2.28. The topological polar surface area (TPSA) is 68.5 Å². The van der Waals surface area contributed by atoms with Crippen LogP contribution in [0.25, 0.3) is 11.5 Å². The standard InChI is InChI=1S/C18H23N3O3/c1-18(2,3)23-17(22)21-11-7-10-14(12-21)15-19-16(24-20-15)13-8-5-4-6-9-13/h4-6,8-9,14H,7,10-12H2,1-3H3/t14-/m0/s1. The van der Waals surface area contributed by atoms with Crippen LogP contribution in [-0.4, -0.2) is 39.8 Å². The fourth-order valence-corrected chi connectivity index (χ4v) is 2.78. The first-order valence-electron chi connectivity index (χ1n) is 8.29. The highest BCUT2D eigenvalue weighted by Gasteiger charge is 2.30. The molecule has 1 fully saturated rings. The minimum atomic E-state index is -0.489. The van der Waals surface area contributed by atoms with Gasteiger partial charge in [-0.15, -0.1) is 0 Å². The molecule has 1 amide bonds. The molecule has 0 radical (unpaired) electrons. The number of rotatable bonds is 2. The molecule has 2 aromatic rings. The Morgan fingerprint density at radius 2 is 2.04 bits per heavy atom. The molecule has 0 unspecified atom stereocenters. The minimum Gasteiger partial charge on any atom is -0.444 e. The molecule has 128 valence electrons. The van der Waals surface area contributed by atoms with Crippen molar-refractivity contribution < 1.29 is 14.1 Å². The lowest BCUT2D eigenvalue weighted by Gasteiger charge is -2.32. The highest BCUT2D eigenvalue weighted by molar-refractivity contribution is 5.68. The summed E-state index contributed by atoms with van der Waals surface area (Å²) in [6.45, 7) is 6.88. The first-order chi connectivity index (χ1) is 11.4. The predicted octanol–water partition coefficient (Wildman–Crippen LogP) is 3.85.